The molecule has 0 amide bonds. The van der Waals surface area contributed by atoms with Gasteiger partial charge in [-0.25, -0.2) is 0 Å². The van der Waals surface area contributed by atoms with Crippen LogP contribution in [-0.2, 0) is 23.7 Å². The van der Waals surface area contributed by atoms with Crippen LogP contribution in [0, 0.1) is 11.8 Å². The first-order chi connectivity index (χ1) is 20.8. The molecule has 0 bridgehead atoms. The molecule has 2 aliphatic heterocycles. The molecule has 16 heteroatoms. The summed E-state index contributed by atoms with van der Waals surface area (Å²) in [5.41, 5.74) is 28.8. The molecule has 3 saturated carbocycles. The van der Waals surface area contributed by atoms with Crippen molar-refractivity contribution in [2.45, 2.75) is 136 Å². The molecule has 15 atom stereocenters. The Labute approximate surface area is 256 Å². The van der Waals surface area contributed by atoms with E-state index in [2.05, 4.69) is 5.32 Å². The average molecular weight is 633 g/mol. The van der Waals surface area contributed by atoms with E-state index in [0.29, 0.717) is 18.9 Å². The summed E-state index contributed by atoms with van der Waals surface area (Å²) in [5, 5.41) is 56.3. The third-order valence-corrected chi connectivity index (χ3v) is 10.1. The predicted molar refractivity (Wildman–Crippen MR) is 154 cm³/mol. The maximum atomic E-state index is 13.0. The van der Waals surface area contributed by atoms with Crippen molar-refractivity contribution in [3.63, 3.8) is 0 Å². The number of nitrogens with two attached hydrogens (primary N) is 5. The van der Waals surface area contributed by atoms with Gasteiger partial charge in [0.15, 0.2) is 18.4 Å². The first-order valence-corrected chi connectivity index (χ1v) is 15.8. The number of rotatable bonds is 12. The predicted octanol–water partition coefficient (Wildman–Crippen LogP) is -5.19. The second kappa shape index (κ2) is 14.0. The molecule has 0 aromatic carbocycles. The molecule has 2 heterocycles. The summed E-state index contributed by atoms with van der Waals surface area (Å²) in [6.45, 7) is 0.857. The highest BCUT2D eigenvalue weighted by Crippen LogP contribution is 2.41. The van der Waals surface area contributed by atoms with Crippen LogP contribution in [0.4, 0.5) is 0 Å². The second-order valence-corrected chi connectivity index (χ2v) is 13.6. The largest absolute Gasteiger partial charge is 0.394 e. The summed E-state index contributed by atoms with van der Waals surface area (Å²) in [5.74, 6) is -0.679. The molecule has 0 radical (unpaired) electrons. The molecule has 5 rings (SSSR count). The minimum absolute atomic E-state index is 0.126. The zero-order valence-electron chi connectivity index (χ0n) is 25.0. The van der Waals surface area contributed by atoms with Crippen LogP contribution in [0.25, 0.3) is 0 Å². The quantitative estimate of drug-likeness (QED) is 0.0958. The van der Waals surface area contributed by atoms with Crippen molar-refractivity contribution in [2.75, 3.05) is 19.7 Å². The van der Waals surface area contributed by atoms with Crippen molar-refractivity contribution in [3.05, 3.63) is 0 Å². The minimum atomic E-state index is -1.65. The van der Waals surface area contributed by atoms with Gasteiger partial charge in [-0.1, -0.05) is 0 Å². The number of aliphatic hydroxyl groups excluding tert-OH is 4. The molecule has 5 fully saturated rings. The van der Waals surface area contributed by atoms with Crippen LogP contribution in [0.5, 0.6) is 0 Å². The van der Waals surface area contributed by atoms with Gasteiger partial charge in [0.2, 0.25) is 0 Å². The molecular weight excluding hydrogens is 580 g/mol. The van der Waals surface area contributed by atoms with Crippen molar-refractivity contribution in [2.24, 2.45) is 40.5 Å². The van der Waals surface area contributed by atoms with E-state index in [9.17, 15) is 30.3 Å². The lowest BCUT2D eigenvalue weighted by Gasteiger charge is -2.48. The monoisotopic (exact) mass is 632 g/mol. The van der Waals surface area contributed by atoms with Crippen molar-refractivity contribution >= 4 is 5.78 Å². The Morgan fingerprint density at radius 3 is 2.18 bits per heavy atom. The number of hydrogen-bond donors (Lipinski definition) is 11. The fourth-order valence-electron chi connectivity index (χ4n) is 7.02. The van der Waals surface area contributed by atoms with E-state index in [0.717, 1.165) is 25.8 Å². The number of ketones is 1. The van der Waals surface area contributed by atoms with E-state index in [-0.39, 0.29) is 31.4 Å². The van der Waals surface area contributed by atoms with Gasteiger partial charge in [-0.2, -0.15) is 0 Å². The normalized spacial score (nSPS) is 51.0. The summed E-state index contributed by atoms with van der Waals surface area (Å²) in [6.07, 6.45) is -6.79. The third kappa shape index (κ3) is 7.30. The standard InChI is InChI=1S/C28H52N6O10/c29-13-3-11(4-13)8-34-9-14-1-2-15(30)26(41-14)44-25-16(31)5-12(6-19(36)28(40)7-18(28)32)24(23(25)39)43-27-22(38)20(33)21(37)17(10-35)42-27/h11-18,20-27,34-35,37-40H,1-10,29-33H2/t11?,12-,13?,14-,15+,16-,17+,18?,20-,21+,22+,23+,24-,25?,26+,27+,28?/m0/s1. The van der Waals surface area contributed by atoms with Gasteiger partial charge in [-0.15, -0.1) is 0 Å². The van der Waals surface area contributed by atoms with Crippen LogP contribution in [0.1, 0.15) is 44.9 Å². The SMILES string of the molecule is NC1CC(CNC[C@@H]2CC[C@@H](N)[C@@H](OC3[C@@H](N)C[C@@H](CC(=O)C4(O)CC4N)[C@H](O[C@H]4O[C@H](CO)[C@@H](O)[C@H](N)[C@H]4O)[C@H]3O)O2)C1. The van der Waals surface area contributed by atoms with Crippen molar-refractivity contribution in [1.82, 2.24) is 5.32 Å². The molecule has 254 valence electrons. The van der Waals surface area contributed by atoms with Gasteiger partial charge in [-0.3, -0.25) is 4.79 Å². The summed E-state index contributed by atoms with van der Waals surface area (Å²) in [6, 6.07) is -2.86. The number of aliphatic hydroxyl groups is 5. The topological polar surface area (TPSA) is 297 Å². The summed E-state index contributed by atoms with van der Waals surface area (Å²) in [4.78, 5) is 13.0. The lowest BCUT2D eigenvalue weighted by molar-refractivity contribution is -0.318. The van der Waals surface area contributed by atoms with Crippen molar-refractivity contribution in [1.29, 1.82) is 0 Å². The lowest BCUT2D eigenvalue weighted by atomic mass is 9.76. The van der Waals surface area contributed by atoms with Crippen LogP contribution in [0.2, 0.25) is 0 Å². The van der Waals surface area contributed by atoms with Gasteiger partial charge in [0, 0.05) is 37.5 Å². The van der Waals surface area contributed by atoms with Crippen LogP contribution in [0.15, 0.2) is 0 Å². The van der Waals surface area contributed by atoms with Crippen LogP contribution < -0.4 is 34.0 Å². The third-order valence-electron chi connectivity index (χ3n) is 10.1. The number of carbonyl (C=O) groups excluding carboxylic acids is 1. The summed E-state index contributed by atoms with van der Waals surface area (Å²) in [7, 11) is 0. The molecule has 44 heavy (non-hydrogen) atoms. The number of nitrogens with one attached hydrogen (secondary N) is 1. The molecule has 0 spiro atoms. The Morgan fingerprint density at radius 1 is 0.864 bits per heavy atom. The molecule has 16 N–H and O–H groups in total. The van der Waals surface area contributed by atoms with Gasteiger partial charge in [0.25, 0.3) is 0 Å². The Morgan fingerprint density at radius 2 is 1.55 bits per heavy atom. The number of hydrogen-bond acceptors (Lipinski definition) is 16. The molecule has 5 aliphatic rings. The Hall–Kier alpha value is -0.930. The van der Waals surface area contributed by atoms with Crippen molar-refractivity contribution in [3.8, 4) is 0 Å². The lowest BCUT2D eigenvalue weighted by Crippen LogP contribution is -2.66. The second-order valence-electron chi connectivity index (χ2n) is 13.6. The fourth-order valence-corrected chi connectivity index (χ4v) is 7.02. The zero-order chi connectivity index (χ0) is 31.9. The number of carbonyl (C=O) groups is 1. The molecule has 0 aromatic heterocycles. The molecular formula is C28H52N6O10. The van der Waals surface area contributed by atoms with Crippen LogP contribution >= 0.6 is 0 Å². The first-order valence-electron chi connectivity index (χ1n) is 15.8. The van der Waals surface area contributed by atoms with Gasteiger partial charge < -0.3 is 78.5 Å². The van der Waals surface area contributed by atoms with E-state index >= 15 is 0 Å². The van der Waals surface area contributed by atoms with Gasteiger partial charge in [-0.05, 0) is 50.5 Å². The van der Waals surface area contributed by atoms with E-state index in [1.54, 1.807) is 0 Å². The van der Waals surface area contributed by atoms with Gasteiger partial charge in [0.05, 0.1) is 30.9 Å². The molecule has 2 saturated heterocycles. The van der Waals surface area contributed by atoms with E-state index < -0.39 is 97.3 Å². The van der Waals surface area contributed by atoms with E-state index in [4.69, 9.17) is 47.6 Å². The highest BCUT2D eigenvalue weighted by molar-refractivity contribution is 5.91. The van der Waals surface area contributed by atoms with Crippen LogP contribution in [0.3, 0.4) is 0 Å². The Kier molecular flexibility index (Phi) is 11.0. The van der Waals surface area contributed by atoms with E-state index in [1.165, 1.54) is 0 Å². The Balaban J connectivity index is 1.27. The summed E-state index contributed by atoms with van der Waals surface area (Å²) >= 11 is 0. The molecule has 3 aliphatic carbocycles. The van der Waals surface area contributed by atoms with Gasteiger partial charge >= 0.3 is 0 Å². The highest BCUT2D eigenvalue weighted by Gasteiger charge is 2.58. The van der Waals surface area contributed by atoms with Gasteiger partial charge in [0.1, 0.15) is 36.1 Å². The zero-order valence-corrected chi connectivity index (χ0v) is 25.0. The maximum absolute atomic E-state index is 13.0. The molecule has 3 unspecified atom stereocenters. The minimum Gasteiger partial charge on any atom is -0.394 e. The highest BCUT2D eigenvalue weighted by atomic mass is 16.7. The molecule has 16 nitrogen and oxygen atoms in total. The summed E-state index contributed by atoms with van der Waals surface area (Å²) < 4.78 is 24.1. The molecule has 0 aromatic rings. The first kappa shape index (κ1) is 34.4. The average Bonchev–Trinajstić information content (AvgIpc) is 3.60. The van der Waals surface area contributed by atoms with E-state index in [1.807, 2.05) is 0 Å². The van der Waals surface area contributed by atoms with Crippen molar-refractivity contribution < 1.29 is 49.3 Å². The maximum Gasteiger partial charge on any atom is 0.186 e. The van der Waals surface area contributed by atoms with Crippen LogP contribution in [-0.4, -0.2) is 142 Å². The Bertz CT molecular complexity index is 979. The number of ether oxygens (including phenoxy) is 4. The smallest absolute Gasteiger partial charge is 0.186 e. The fraction of sp³-hybridized carbons (Fsp3) is 0.964. The number of Topliss-reactive ketones (excluding diaryl/α,β-unsaturated/α-hetero) is 1.